The third kappa shape index (κ3) is 7.14. The van der Waals surface area contributed by atoms with Crippen molar-refractivity contribution in [2.45, 2.75) is 39.7 Å². The highest BCUT2D eigenvalue weighted by Gasteiger charge is 2.09. The first kappa shape index (κ1) is 16.1. The maximum atomic E-state index is 4.50. The van der Waals surface area contributed by atoms with Crippen molar-refractivity contribution in [1.29, 1.82) is 0 Å². The number of rotatable bonds is 2. The van der Waals surface area contributed by atoms with Crippen molar-refractivity contribution >= 4 is 0 Å². The van der Waals surface area contributed by atoms with Crippen molar-refractivity contribution < 1.29 is 0 Å². The number of hydrogen-bond donors (Lipinski definition) is 1. The third-order valence-corrected chi connectivity index (χ3v) is 2.70. The summed E-state index contributed by atoms with van der Waals surface area (Å²) in [5.74, 6) is 0. The lowest BCUT2D eigenvalue weighted by Crippen LogP contribution is -2.28. The summed E-state index contributed by atoms with van der Waals surface area (Å²) in [7, 11) is 1.50. The van der Waals surface area contributed by atoms with Gasteiger partial charge in [-0.1, -0.05) is 50.6 Å². The van der Waals surface area contributed by atoms with Crippen molar-refractivity contribution in [2.75, 3.05) is 20.1 Å². The number of hydrogen-bond acceptors (Lipinski definition) is 2. The Bertz CT molecular complexity index is 240. The van der Waals surface area contributed by atoms with Crippen LogP contribution in [0.25, 0.3) is 0 Å². The fraction of sp³-hybridized carbons (Fsp3) is 0.600. The molecule has 1 saturated heterocycles. The van der Waals surface area contributed by atoms with Gasteiger partial charge in [0.05, 0.1) is 0 Å². The molecule has 2 N–H and O–H groups in total. The molecule has 1 heterocycles. The van der Waals surface area contributed by atoms with Gasteiger partial charge in [0.25, 0.3) is 0 Å². The fourth-order valence-electron chi connectivity index (χ4n) is 1.96. The minimum Gasteiger partial charge on any atom is -0.333 e. The van der Waals surface area contributed by atoms with E-state index in [2.05, 4.69) is 41.0 Å². The zero-order valence-corrected chi connectivity index (χ0v) is 11.7. The lowest BCUT2D eigenvalue weighted by atomic mass is 10.1. The van der Waals surface area contributed by atoms with Gasteiger partial charge in [0.1, 0.15) is 0 Å². The van der Waals surface area contributed by atoms with Crippen LogP contribution < -0.4 is 5.73 Å². The average Bonchev–Trinajstić information content (AvgIpc) is 2.45. The van der Waals surface area contributed by atoms with Gasteiger partial charge < -0.3 is 5.73 Å². The Kier molecular flexibility index (Phi) is 11.0. The first-order chi connectivity index (χ1) is 8.45. The van der Waals surface area contributed by atoms with Crippen LogP contribution in [-0.4, -0.2) is 25.0 Å². The van der Waals surface area contributed by atoms with Crippen LogP contribution in [0.2, 0.25) is 0 Å². The topological polar surface area (TPSA) is 29.3 Å². The molecule has 0 bridgehead atoms. The summed E-state index contributed by atoms with van der Waals surface area (Å²) >= 11 is 0. The van der Waals surface area contributed by atoms with Gasteiger partial charge in [-0.05, 0) is 38.5 Å². The Balaban J connectivity index is 0.000000581. The van der Waals surface area contributed by atoms with E-state index in [9.17, 15) is 0 Å². The normalized spacial score (nSPS) is 15.1. The van der Waals surface area contributed by atoms with Gasteiger partial charge >= 0.3 is 0 Å². The SMILES string of the molecule is CC.CN.c1ccc(CN2CCCCC2)cc1. The van der Waals surface area contributed by atoms with Crippen molar-refractivity contribution in [1.82, 2.24) is 4.90 Å². The molecule has 1 aliphatic rings. The summed E-state index contributed by atoms with van der Waals surface area (Å²) in [6, 6.07) is 10.8. The predicted molar refractivity (Wildman–Crippen MR) is 77.0 cm³/mol. The summed E-state index contributed by atoms with van der Waals surface area (Å²) in [4.78, 5) is 2.55. The fourth-order valence-corrected chi connectivity index (χ4v) is 1.96. The summed E-state index contributed by atoms with van der Waals surface area (Å²) in [6.07, 6.45) is 4.19. The predicted octanol–water partition coefficient (Wildman–Crippen LogP) is 3.27. The minimum absolute atomic E-state index is 1.14. The molecular weight excluding hydrogens is 208 g/mol. The standard InChI is InChI=1S/C12H17N.C2H6.CH5N/c1-3-7-12(8-4-1)11-13-9-5-2-6-10-13;2*1-2/h1,3-4,7-8H,2,5-6,9-11H2;1-2H3;2H2,1H3. The Labute approximate surface area is 107 Å². The van der Waals surface area contributed by atoms with Gasteiger partial charge in [0.15, 0.2) is 0 Å². The molecule has 0 saturated carbocycles. The first-order valence-electron chi connectivity index (χ1n) is 6.79. The minimum atomic E-state index is 1.14. The molecule has 0 unspecified atom stereocenters. The molecule has 2 heteroatoms. The van der Waals surface area contributed by atoms with Crippen LogP contribution in [0.15, 0.2) is 30.3 Å². The smallest absolute Gasteiger partial charge is 0.0233 e. The van der Waals surface area contributed by atoms with E-state index in [4.69, 9.17) is 0 Å². The molecule has 1 aliphatic heterocycles. The summed E-state index contributed by atoms with van der Waals surface area (Å²) in [5, 5.41) is 0. The van der Waals surface area contributed by atoms with Gasteiger partial charge in [-0.25, -0.2) is 0 Å². The van der Waals surface area contributed by atoms with Crippen molar-refractivity contribution in [3.63, 3.8) is 0 Å². The quantitative estimate of drug-likeness (QED) is 0.854. The maximum Gasteiger partial charge on any atom is 0.0233 e. The summed E-state index contributed by atoms with van der Waals surface area (Å²) < 4.78 is 0. The molecule has 0 spiro atoms. The number of nitrogens with zero attached hydrogens (tertiary/aromatic N) is 1. The Morgan fingerprint density at radius 2 is 1.47 bits per heavy atom. The van der Waals surface area contributed by atoms with E-state index >= 15 is 0 Å². The number of piperidine rings is 1. The first-order valence-corrected chi connectivity index (χ1v) is 6.79. The zero-order valence-electron chi connectivity index (χ0n) is 11.7. The average molecular weight is 236 g/mol. The van der Waals surface area contributed by atoms with Gasteiger partial charge in [0.2, 0.25) is 0 Å². The Morgan fingerprint density at radius 3 is 2.00 bits per heavy atom. The molecule has 1 aromatic rings. The zero-order chi connectivity index (χ0) is 12.9. The van der Waals surface area contributed by atoms with Crippen molar-refractivity contribution in [3.8, 4) is 0 Å². The van der Waals surface area contributed by atoms with Crippen LogP contribution in [-0.2, 0) is 6.54 Å². The van der Waals surface area contributed by atoms with Crippen LogP contribution in [0.4, 0.5) is 0 Å². The van der Waals surface area contributed by atoms with E-state index in [1.165, 1.54) is 45.0 Å². The summed E-state index contributed by atoms with van der Waals surface area (Å²) in [5.41, 5.74) is 5.95. The van der Waals surface area contributed by atoms with E-state index in [0.29, 0.717) is 0 Å². The van der Waals surface area contributed by atoms with Gasteiger partial charge in [-0.2, -0.15) is 0 Å². The van der Waals surface area contributed by atoms with Crippen molar-refractivity contribution in [3.05, 3.63) is 35.9 Å². The highest BCUT2D eigenvalue weighted by molar-refractivity contribution is 5.14. The summed E-state index contributed by atoms with van der Waals surface area (Å²) in [6.45, 7) is 7.71. The molecular formula is C15H28N2. The molecule has 0 aromatic heterocycles. The molecule has 1 fully saturated rings. The molecule has 0 aliphatic carbocycles. The number of nitrogens with two attached hydrogens (primary N) is 1. The molecule has 98 valence electrons. The Hall–Kier alpha value is -0.860. The van der Waals surface area contributed by atoms with E-state index in [0.717, 1.165) is 6.54 Å². The number of benzene rings is 1. The lowest BCUT2D eigenvalue weighted by Gasteiger charge is -2.26. The van der Waals surface area contributed by atoms with Crippen LogP contribution in [0.3, 0.4) is 0 Å². The van der Waals surface area contributed by atoms with Crippen molar-refractivity contribution in [2.24, 2.45) is 5.73 Å². The second kappa shape index (κ2) is 11.6. The largest absolute Gasteiger partial charge is 0.333 e. The molecule has 0 amide bonds. The molecule has 2 nitrogen and oxygen atoms in total. The highest BCUT2D eigenvalue weighted by Crippen LogP contribution is 2.12. The van der Waals surface area contributed by atoms with Gasteiger partial charge in [-0.3, -0.25) is 4.90 Å². The van der Waals surface area contributed by atoms with Gasteiger partial charge in [0, 0.05) is 6.54 Å². The van der Waals surface area contributed by atoms with Crippen LogP contribution in [0.1, 0.15) is 38.7 Å². The Morgan fingerprint density at radius 1 is 0.941 bits per heavy atom. The highest BCUT2D eigenvalue weighted by atomic mass is 15.1. The molecule has 17 heavy (non-hydrogen) atoms. The van der Waals surface area contributed by atoms with Crippen LogP contribution >= 0.6 is 0 Å². The monoisotopic (exact) mass is 236 g/mol. The van der Waals surface area contributed by atoms with Crippen LogP contribution in [0, 0.1) is 0 Å². The molecule has 0 radical (unpaired) electrons. The molecule has 0 atom stereocenters. The maximum absolute atomic E-state index is 4.50. The second-order valence-corrected chi connectivity index (χ2v) is 3.82. The van der Waals surface area contributed by atoms with Crippen LogP contribution in [0.5, 0.6) is 0 Å². The van der Waals surface area contributed by atoms with E-state index < -0.39 is 0 Å². The third-order valence-electron chi connectivity index (χ3n) is 2.70. The molecule has 2 rings (SSSR count). The second-order valence-electron chi connectivity index (χ2n) is 3.82. The van der Waals surface area contributed by atoms with E-state index in [1.807, 2.05) is 13.8 Å². The lowest BCUT2D eigenvalue weighted by molar-refractivity contribution is 0.221. The van der Waals surface area contributed by atoms with E-state index in [1.54, 1.807) is 0 Å². The number of likely N-dealkylation sites (tertiary alicyclic amines) is 1. The van der Waals surface area contributed by atoms with Gasteiger partial charge in [-0.15, -0.1) is 0 Å². The molecule has 1 aromatic carbocycles. The van der Waals surface area contributed by atoms with E-state index in [-0.39, 0.29) is 0 Å².